The van der Waals surface area contributed by atoms with Crippen LogP contribution in [-0.4, -0.2) is 18.5 Å². The van der Waals surface area contributed by atoms with Crippen LogP contribution in [-0.2, 0) is 14.3 Å². The van der Waals surface area contributed by atoms with Gasteiger partial charge in [0.15, 0.2) is 0 Å². The van der Waals surface area contributed by atoms with Gasteiger partial charge in [-0.15, -0.1) is 0 Å². The molecule has 0 rings (SSSR count). The van der Waals surface area contributed by atoms with Crippen molar-refractivity contribution in [2.75, 3.05) is 6.61 Å². The van der Waals surface area contributed by atoms with Crippen LogP contribution in [0.3, 0.4) is 0 Å². The van der Waals surface area contributed by atoms with Crippen molar-refractivity contribution in [1.82, 2.24) is 0 Å². The molecule has 0 fully saturated rings. The molecule has 94 valence electrons. The van der Waals surface area contributed by atoms with Crippen molar-refractivity contribution < 1.29 is 49.0 Å². The molecular weight excluding hydrogens is 231 g/mol. The molecule has 0 unspecified atom stereocenters. The summed E-state index contributed by atoms with van der Waals surface area (Å²) in [5, 5.41) is 10.1. The third kappa shape index (κ3) is 15.9. The molecule has 0 N–H and O–H groups in total. The van der Waals surface area contributed by atoms with E-state index >= 15 is 0 Å². The van der Waals surface area contributed by atoms with Gasteiger partial charge in [-0.05, 0) is 26.2 Å². The predicted octanol–water partition coefficient (Wildman–Crippen LogP) is -1.58. The van der Waals surface area contributed by atoms with Gasteiger partial charge in [0, 0.05) is 12.4 Å². The van der Waals surface area contributed by atoms with Crippen LogP contribution in [0.4, 0.5) is 0 Å². The van der Waals surface area contributed by atoms with Crippen molar-refractivity contribution in [3.8, 4) is 0 Å². The Labute approximate surface area is 125 Å². The summed E-state index contributed by atoms with van der Waals surface area (Å²) in [7, 11) is 0. The number of aliphatic carboxylic acids is 1. The second kappa shape index (κ2) is 14.0. The summed E-state index contributed by atoms with van der Waals surface area (Å²) in [5.41, 5.74) is 0. The van der Waals surface area contributed by atoms with Crippen molar-refractivity contribution in [3.63, 3.8) is 0 Å². The maximum atomic E-state index is 11.0. The van der Waals surface area contributed by atoms with E-state index in [0.717, 1.165) is 32.1 Å². The Balaban J connectivity index is 0. The first-order valence-electron chi connectivity index (χ1n) is 6.02. The minimum absolute atomic E-state index is 0. The first kappa shape index (κ1) is 19.3. The second-order valence-electron chi connectivity index (χ2n) is 3.80. The molecule has 0 atom stereocenters. The molecule has 0 radical (unpaired) electrons. The number of ether oxygens (including phenoxy) is 1. The minimum Gasteiger partial charge on any atom is -0.550 e. The topological polar surface area (TPSA) is 66.4 Å². The van der Waals surface area contributed by atoms with Gasteiger partial charge in [-0.1, -0.05) is 25.7 Å². The van der Waals surface area contributed by atoms with E-state index in [0.29, 0.717) is 19.4 Å². The smallest absolute Gasteiger partial charge is 0.550 e. The average Bonchev–Trinajstić information content (AvgIpc) is 2.22. The molecule has 0 amide bonds. The summed E-state index contributed by atoms with van der Waals surface area (Å²) in [6, 6.07) is 0. The van der Waals surface area contributed by atoms with Gasteiger partial charge in [0.25, 0.3) is 0 Å². The zero-order valence-electron chi connectivity index (χ0n) is 11.0. The third-order valence-corrected chi connectivity index (χ3v) is 2.32. The van der Waals surface area contributed by atoms with Gasteiger partial charge in [-0.25, -0.2) is 0 Å². The summed E-state index contributed by atoms with van der Waals surface area (Å²) in [4.78, 5) is 21.1. The number of carbonyl (C=O) groups is 2. The molecule has 4 nitrogen and oxygen atoms in total. The Bertz CT molecular complexity index is 207. The Morgan fingerprint density at radius 1 is 0.941 bits per heavy atom. The summed E-state index contributed by atoms with van der Waals surface area (Å²) >= 11 is 0. The van der Waals surface area contributed by atoms with Crippen LogP contribution in [0.15, 0.2) is 0 Å². The van der Waals surface area contributed by atoms with E-state index in [1.165, 1.54) is 0 Å². The average molecular weight is 252 g/mol. The first-order chi connectivity index (χ1) is 7.66. The minimum atomic E-state index is -0.970. The van der Waals surface area contributed by atoms with E-state index in [1.54, 1.807) is 6.92 Å². The predicted molar refractivity (Wildman–Crippen MR) is 58.6 cm³/mol. The van der Waals surface area contributed by atoms with Crippen LogP contribution in [0.5, 0.6) is 0 Å². The molecule has 0 aromatic carbocycles. The second-order valence-corrected chi connectivity index (χ2v) is 3.80. The van der Waals surface area contributed by atoms with E-state index in [1.807, 2.05) is 0 Å². The Morgan fingerprint density at radius 3 is 1.88 bits per heavy atom. The van der Waals surface area contributed by atoms with Crippen molar-refractivity contribution in [2.24, 2.45) is 0 Å². The van der Waals surface area contributed by atoms with E-state index in [9.17, 15) is 14.7 Å². The van der Waals surface area contributed by atoms with Crippen LogP contribution in [0.2, 0.25) is 0 Å². The van der Waals surface area contributed by atoms with Crippen LogP contribution in [0, 0.1) is 0 Å². The van der Waals surface area contributed by atoms with E-state index in [-0.39, 0.29) is 41.9 Å². The number of carboxylic acid groups (broad SMARTS) is 1. The maximum absolute atomic E-state index is 11.0. The molecule has 5 heteroatoms. The van der Waals surface area contributed by atoms with Crippen molar-refractivity contribution >= 4 is 11.9 Å². The van der Waals surface area contributed by atoms with E-state index in [4.69, 9.17) is 4.74 Å². The maximum Gasteiger partial charge on any atom is 1.00 e. The van der Waals surface area contributed by atoms with Gasteiger partial charge in [-0.2, -0.15) is 0 Å². The number of carboxylic acids is 1. The zero-order valence-corrected chi connectivity index (χ0v) is 13.0. The Hall–Kier alpha value is -0.0600. The zero-order chi connectivity index (χ0) is 12.2. The Kier molecular flexibility index (Phi) is 15.9. The largest absolute Gasteiger partial charge is 1.00 e. The first-order valence-corrected chi connectivity index (χ1v) is 6.02. The molecule has 0 aromatic rings. The number of rotatable bonds is 10. The van der Waals surface area contributed by atoms with Gasteiger partial charge < -0.3 is 14.6 Å². The van der Waals surface area contributed by atoms with Crippen LogP contribution in [0.1, 0.15) is 58.3 Å². The molecule has 0 spiro atoms. The quantitative estimate of drug-likeness (QED) is 0.267. The fourth-order valence-electron chi connectivity index (χ4n) is 1.48. The molecule has 0 heterocycles. The fraction of sp³-hybridized carbons (Fsp3) is 0.833. The van der Waals surface area contributed by atoms with E-state index in [2.05, 4.69) is 0 Å². The SMILES string of the molecule is CCOC(=O)CCCCCCCCC(=O)[O-].[Na+]. The molecule has 0 aromatic heterocycles. The summed E-state index contributed by atoms with van der Waals surface area (Å²) in [6.07, 6.45) is 6.20. The number of carbonyl (C=O) groups excluding carboxylic acids is 2. The molecule has 17 heavy (non-hydrogen) atoms. The Morgan fingerprint density at radius 2 is 1.41 bits per heavy atom. The molecule has 0 saturated carbocycles. The number of unbranched alkanes of at least 4 members (excludes halogenated alkanes) is 5. The third-order valence-electron chi connectivity index (χ3n) is 2.32. The van der Waals surface area contributed by atoms with Crippen LogP contribution >= 0.6 is 0 Å². The number of hydrogen-bond donors (Lipinski definition) is 0. The molecule has 0 aliphatic heterocycles. The van der Waals surface area contributed by atoms with Crippen molar-refractivity contribution in [2.45, 2.75) is 58.3 Å². The van der Waals surface area contributed by atoms with Crippen LogP contribution < -0.4 is 34.7 Å². The summed E-state index contributed by atoms with van der Waals surface area (Å²) in [6.45, 7) is 2.25. The molecular formula is C12H21NaO4. The van der Waals surface area contributed by atoms with E-state index < -0.39 is 5.97 Å². The molecule has 0 saturated heterocycles. The van der Waals surface area contributed by atoms with Crippen molar-refractivity contribution in [1.29, 1.82) is 0 Å². The number of hydrogen-bond acceptors (Lipinski definition) is 4. The van der Waals surface area contributed by atoms with Gasteiger partial charge in [0.1, 0.15) is 0 Å². The van der Waals surface area contributed by atoms with Gasteiger partial charge in [-0.3, -0.25) is 4.79 Å². The van der Waals surface area contributed by atoms with Gasteiger partial charge in [0.05, 0.1) is 6.61 Å². The standard InChI is InChI=1S/C12H22O4.Na/c1-2-16-12(15)10-8-6-4-3-5-7-9-11(13)14;/h2-10H2,1H3,(H,13,14);/q;+1/p-1. The molecule has 0 aliphatic carbocycles. The number of esters is 1. The van der Waals surface area contributed by atoms with Crippen molar-refractivity contribution in [3.05, 3.63) is 0 Å². The van der Waals surface area contributed by atoms with Crippen LogP contribution in [0.25, 0.3) is 0 Å². The monoisotopic (exact) mass is 252 g/mol. The summed E-state index contributed by atoms with van der Waals surface area (Å²) in [5.74, 6) is -1.10. The fourth-order valence-corrected chi connectivity index (χ4v) is 1.48. The molecule has 0 aliphatic rings. The summed E-state index contributed by atoms with van der Waals surface area (Å²) < 4.78 is 4.80. The molecule has 0 bridgehead atoms. The van der Waals surface area contributed by atoms with Gasteiger partial charge in [0.2, 0.25) is 0 Å². The normalized spacial score (nSPS) is 9.47. The van der Waals surface area contributed by atoms with Gasteiger partial charge >= 0.3 is 35.5 Å².